The van der Waals surface area contributed by atoms with Crippen LogP contribution in [0.1, 0.15) is 46.6 Å². The molecule has 1 N–H and O–H groups in total. The molecule has 0 aliphatic heterocycles. The molecule has 0 spiro atoms. The zero-order chi connectivity index (χ0) is 13.1. The van der Waals surface area contributed by atoms with Crippen molar-refractivity contribution in [3.8, 4) is 0 Å². The topological polar surface area (TPSA) is 12.0 Å². The lowest BCUT2D eigenvalue weighted by atomic mass is 9.82. The van der Waals surface area contributed by atoms with E-state index in [2.05, 4.69) is 86.8 Å². The summed E-state index contributed by atoms with van der Waals surface area (Å²) in [5, 5.41) is 3.65. The number of hydrogen-bond donors (Lipinski definition) is 1. The molecule has 1 aromatic rings. The second kappa shape index (κ2) is 5.70. The van der Waals surface area contributed by atoms with Crippen LogP contribution in [-0.4, -0.2) is 5.54 Å². The van der Waals surface area contributed by atoms with Crippen molar-refractivity contribution in [2.24, 2.45) is 5.41 Å². The summed E-state index contributed by atoms with van der Waals surface area (Å²) in [4.78, 5) is 0. The average Bonchev–Trinajstić information content (AvgIpc) is 2.13. The van der Waals surface area contributed by atoms with Crippen LogP contribution in [0.15, 0.2) is 24.3 Å². The second-order valence-electron chi connectivity index (χ2n) is 6.60. The minimum absolute atomic E-state index is 0.182. The molecule has 17 heavy (non-hydrogen) atoms. The van der Waals surface area contributed by atoms with Gasteiger partial charge in [0.1, 0.15) is 0 Å². The first-order valence-corrected chi connectivity index (χ1v) is 7.25. The molecule has 0 saturated carbocycles. The van der Waals surface area contributed by atoms with Gasteiger partial charge in [-0.15, -0.1) is 0 Å². The lowest BCUT2D eigenvalue weighted by molar-refractivity contribution is 0.241. The van der Waals surface area contributed by atoms with Gasteiger partial charge in [-0.2, -0.15) is 0 Å². The van der Waals surface area contributed by atoms with Gasteiger partial charge in [-0.25, -0.2) is 0 Å². The largest absolute Gasteiger partial charge is 0.308 e. The standard InChI is InChI=1S/C15H24IN/c1-14(2,3)11-15(4,5)17-10-12-6-8-13(16)9-7-12/h6-9,17H,10-11H2,1-5H3. The first-order valence-electron chi connectivity index (χ1n) is 6.17. The first-order chi connectivity index (χ1) is 7.68. The van der Waals surface area contributed by atoms with E-state index in [1.807, 2.05) is 0 Å². The minimum atomic E-state index is 0.182. The minimum Gasteiger partial charge on any atom is -0.308 e. The molecule has 0 aliphatic carbocycles. The van der Waals surface area contributed by atoms with E-state index in [-0.39, 0.29) is 5.54 Å². The SMILES string of the molecule is CC(C)(C)CC(C)(C)NCc1ccc(I)cc1. The maximum atomic E-state index is 3.65. The van der Waals surface area contributed by atoms with E-state index in [1.54, 1.807) is 0 Å². The van der Waals surface area contributed by atoms with Crippen LogP contribution in [0.5, 0.6) is 0 Å². The van der Waals surface area contributed by atoms with E-state index < -0.39 is 0 Å². The van der Waals surface area contributed by atoms with Crippen LogP contribution >= 0.6 is 22.6 Å². The van der Waals surface area contributed by atoms with E-state index in [4.69, 9.17) is 0 Å². The van der Waals surface area contributed by atoms with Crippen molar-refractivity contribution < 1.29 is 0 Å². The fourth-order valence-corrected chi connectivity index (χ4v) is 2.69. The van der Waals surface area contributed by atoms with Gasteiger partial charge < -0.3 is 5.32 Å². The summed E-state index contributed by atoms with van der Waals surface area (Å²) in [5.74, 6) is 0. The van der Waals surface area contributed by atoms with E-state index in [0.717, 1.165) is 6.54 Å². The molecule has 0 fully saturated rings. The molecule has 1 rings (SSSR count). The maximum Gasteiger partial charge on any atom is 0.0210 e. The van der Waals surface area contributed by atoms with Crippen LogP contribution in [0.2, 0.25) is 0 Å². The van der Waals surface area contributed by atoms with Crippen LogP contribution in [0, 0.1) is 8.99 Å². The van der Waals surface area contributed by atoms with Crippen molar-refractivity contribution >= 4 is 22.6 Å². The molecular formula is C15H24IN. The lowest BCUT2D eigenvalue weighted by Crippen LogP contribution is -2.41. The van der Waals surface area contributed by atoms with E-state index in [0.29, 0.717) is 5.41 Å². The lowest BCUT2D eigenvalue weighted by Gasteiger charge is -2.33. The summed E-state index contributed by atoms with van der Waals surface area (Å²) in [7, 11) is 0. The Hall–Kier alpha value is -0.0900. The molecule has 0 atom stereocenters. The highest BCUT2D eigenvalue weighted by Gasteiger charge is 2.24. The van der Waals surface area contributed by atoms with Crippen molar-refractivity contribution in [2.75, 3.05) is 0 Å². The fraction of sp³-hybridized carbons (Fsp3) is 0.600. The van der Waals surface area contributed by atoms with Gasteiger partial charge in [-0.3, -0.25) is 0 Å². The second-order valence-corrected chi connectivity index (χ2v) is 7.85. The molecule has 0 bridgehead atoms. The molecule has 0 saturated heterocycles. The van der Waals surface area contributed by atoms with Crippen molar-refractivity contribution in [3.63, 3.8) is 0 Å². The summed E-state index contributed by atoms with van der Waals surface area (Å²) in [6, 6.07) is 8.71. The zero-order valence-corrected chi connectivity index (χ0v) is 13.8. The Balaban J connectivity index is 2.52. The van der Waals surface area contributed by atoms with Crippen molar-refractivity contribution in [3.05, 3.63) is 33.4 Å². The zero-order valence-electron chi connectivity index (χ0n) is 11.6. The van der Waals surface area contributed by atoms with E-state index >= 15 is 0 Å². The highest BCUT2D eigenvalue weighted by Crippen LogP contribution is 2.27. The van der Waals surface area contributed by atoms with Crippen molar-refractivity contribution in [1.29, 1.82) is 0 Å². The molecule has 2 heteroatoms. The number of halogens is 1. The van der Waals surface area contributed by atoms with Crippen molar-refractivity contribution in [2.45, 2.75) is 53.1 Å². The predicted octanol–water partition coefficient (Wildman–Crippen LogP) is 4.60. The third-order valence-corrected chi connectivity index (χ3v) is 3.38. The molecule has 0 radical (unpaired) electrons. The van der Waals surface area contributed by atoms with Crippen molar-refractivity contribution in [1.82, 2.24) is 5.32 Å². The number of hydrogen-bond acceptors (Lipinski definition) is 1. The average molecular weight is 345 g/mol. The van der Waals surface area contributed by atoms with Gasteiger partial charge in [0, 0.05) is 15.7 Å². The third-order valence-electron chi connectivity index (χ3n) is 2.66. The van der Waals surface area contributed by atoms with Gasteiger partial charge >= 0.3 is 0 Å². The Morgan fingerprint density at radius 2 is 1.53 bits per heavy atom. The summed E-state index contributed by atoms with van der Waals surface area (Å²) in [6.07, 6.45) is 1.17. The van der Waals surface area contributed by atoms with Gasteiger partial charge in [-0.1, -0.05) is 32.9 Å². The van der Waals surface area contributed by atoms with Gasteiger partial charge in [0.15, 0.2) is 0 Å². The number of rotatable bonds is 4. The summed E-state index contributed by atoms with van der Waals surface area (Å²) < 4.78 is 1.29. The van der Waals surface area contributed by atoms with Gasteiger partial charge in [0.2, 0.25) is 0 Å². The Morgan fingerprint density at radius 3 is 2.00 bits per heavy atom. The number of benzene rings is 1. The highest BCUT2D eigenvalue weighted by molar-refractivity contribution is 14.1. The van der Waals surface area contributed by atoms with Crippen LogP contribution in [0.3, 0.4) is 0 Å². The van der Waals surface area contributed by atoms with Gasteiger partial charge in [0.05, 0.1) is 0 Å². The number of nitrogens with one attached hydrogen (secondary N) is 1. The van der Waals surface area contributed by atoms with Gasteiger partial charge in [-0.05, 0) is 66.0 Å². The first kappa shape index (κ1) is 15.0. The molecule has 1 aromatic carbocycles. The molecule has 0 heterocycles. The van der Waals surface area contributed by atoms with Crippen LogP contribution in [0.4, 0.5) is 0 Å². The molecule has 0 unspecified atom stereocenters. The van der Waals surface area contributed by atoms with Crippen LogP contribution in [0.25, 0.3) is 0 Å². The molecule has 0 aliphatic rings. The summed E-state index contributed by atoms with van der Waals surface area (Å²) >= 11 is 2.34. The predicted molar refractivity (Wildman–Crippen MR) is 84.1 cm³/mol. The Kier molecular flexibility index (Phi) is 5.02. The summed E-state index contributed by atoms with van der Waals surface area (Å²) in [5.41, 5.74) is 1.90. The molecule has 96 valence electrons. The molecule has 0 aromatic heterocycles. The Bertz CT molecular complexity index is 346. The van der Waals surface area contributed by atoms with E-state index in [9.17, 15) is 0 Å². The third kappa shape index (κ3) is 6.41. The quantitative estimate of drug-likeness (QED) is 0.787. The Labute approximate surface area is 120 Å². The molecular weight excluding hydrogens is 321 g/mol. The normalized spacial score (nSPS) is 12.8. The highest BCUT2D eigenvalue weighted by atomic mass is 127. The van der Waals surface area contributed by atoms with Crippen LogP contribution < -0.4 is 5.32 Å². The molecule has 1 nitrogen and oxygen atoms in total. The fourth-order valence-electron chi connectivity index (χ4n) is 2.33. The summed E-state index contributed by atoms with van der Waals surface area (Å²) in [6.45, 7) is 12.4. The van der Waals surface area contributed by atoms with E-state index in [1.165, 1.54) is 15.6 Å². The van der Waals surface area contributed by atoms with Gasteiger partial charge in [0.25, 0.3) is 0 Å². The maximum absolute atomic E-state index is 3.65. The smallest absolute Gasteiger partial charge is 0.0210 e. The monoisotopic (exact) mass is 345 g/mol. The van der Waals surface area contributed by atoms with Crippen LogP contribution in [-0.2, 0) is 6.54 Å². The Morgan fingerprint density at radius 1 is 1.00 bits per heavy atom. The molecule has 0 amide bonds.